The topological polar surface area (TPSA) is 49.4 Å². The van der Waals surface area contributed by atoms with Crippen molar-refractivity contribution in [2.75, 3.05) is 25.0 Å². The number of nitrogens with one attached hydrogen (secondary N) is 1. The van der Waals surface area contributed by atoms with Gasteiger partial charge in [0.15, 0.2) is 0 Å². The van der Waals surface area contributed by atoms with Crippen molar-refractivity contribution in [3.63, 3.8) is 0 Å². The molecule has 0 radical (unpaired) electrons. The van der Waals surface area contributed by atoms with E-state index in [1.807, 2.05) is 0 Å². The molecule has 1 heterocycles. The van der Waals surface area contributed by atoms with Crippen molar-refractivity contribution >= 4 is 26.1 Å². The summed E-state index contributed by atoms with van der Waals surface area (Å²) in [6.45, 7) is 1.85. The van der Waals surface area contributed by atoms with Crippen LogP contribution in [-0.4, -0.2) is 37.7 Å². The van der Waals surface area contributed by atoms with Crippen LogP contribution in [0.4, 0.5) is 0 Å². The number of alkyl halides is 1. The molecule has 1 aliphatic carbocycles. The molecular formula is C8H15BrN2O2S. The summed E-state index contributed by atoms with van der Waals surface area (Å²) in [5, 5.41) is 0.909. The van der Waals surface area contributed by atoms with Crippen LogP contribution in [0.25, 0.3) is 0 Å². The lowest BCUT2D eigenvalue weighted by molar-refractivity contribution is 0.135. The van der Waals surface area contributed by atoms with E-state index in [2.05, 4.69) is 20.7 Å². The smallest absolute Gasteiger partial charge is 0.201 e. The monoisotopic (exact) mass is 282 g/mol. The van der Waals surface area contributed by atoms with Gasteiger partial charge in [0.25, 0.3) is 10.2 Å². The van der Waals surface area contributed by atoms with Crippen molar-refractivity contribution in [2.24, 2.45) is 5.41 Å². The Bertz CT molecular complexity index is 308. The van der Waals surface area contributed by atoms with E-state index in [-0.39, 0.29) is 5.41 Å². The van der Waals surface area contributed by atoms with Gasteiger partial charge >= 0.3 is 0 Å². The lowest BCUT2D eigenvalue weighted by Crippen LogP contribution is -2.44. The van der Waals surface area contributed by atoms with Gasteiger partial charge in [0, 0.05) is 25.0 Å². The van der Waals surface area contributed by atoms with Gasteiger partial charge in [0.1, 0.15) is 0 Å². The average Bonchev–Trinajstić information content (AvgIpc) is 2.38. The fraction of sp³-hybridized carbons (Fsp3) is 1.00. The first-order chi connectivity index (χ1) is 6.58. The Morgan fingerprint density at radius 1 is 1.43 bits per heavy atom. The zero-order valence-corrected chi connectivity index (χ0v) is 10.4. The Hall–Kier alpha value is 0.350. The van der Waals surface area contributed by atoms with Crippen molar-refractivity contribution < 1.29 is 8.42 Å². The zero-order chi connectivity index (χ0) is 10.2. The molecule has 82 valence electrons. The third kappa shape index (κ3) is 1.85. The van der Waals surface area contributed by atoms with Crippen LogP contribution in [-0.2, 0) is 10.2 Å². The maximum atomic E-state index is 11.5. The van der Waals surface area contributed by atoms with E-state index >= 15 is 0 Å². The SMILES string of the molecule is O=S1(=O)NCCN1CC1(CBr)CCC1. The molecule has 0 spiro atoms. The summed E-state index contributed by atoms with van der Waals surface area (Å²) >= 11 is 3.49. The molecule has 0 atom stereocenters. The summed E-state index contributed by atoms with van der Waals surface area (Å²) in [6.07, 6.45) is 3.52. The van der Waals surface area contributed by atoms with Gasteiger partial charge in [-0.25, -0.2) is 4.72 Å². The Balaban J connectivity index is 2.03. The van der Waals surface area contributed by atoms with Crippen molar-refractivity contribution in [3.8, 4) is 0 Å². The molecule has 0 unspecified atom stereocenters. The van der Waals surface area contributed by atoms with Crippen molar-refractivity contribution in [3.05, 3.63) is 0 Å². The maximum Gasteiger partial charge on any atom is 0.279 e. The molecule has 2 aliphatic rings. The number of rotatable bonds is 3. The van der Waals surface area contributed by atoms with Gasteiger partial charge in [-0.3, -0.25) is 0 Å². The highest BCUT2D eigenvalue weighted by atomic mass is 79.9. The highest BCUT2D eigenvalue weighted by Gasteiger charge is 2.41. The standard InChI is InChI=1S/C8H15BrN2O2S/c9-6-8(2-1-3-8)7-11-5-4-10-14(11,12)13/h10H,1-7H2. The van der Waals surface area contributed by atoms with Crippen LogP contribution in [0.2, 0.25) is 0 Å². The third-order valence-electron chi connectivity index (χ3n) is 3.20. The number of hydrogen-bond donors (Lipinski definition) is 1. The van der Waals surface area contributed by atoms with E-state index in [1.165, 1.54) is 6.42 Å². The van der Waals surface area contributed by atoms with E-state index in [4.69, 9.17) is 0 Å². The summed E-state index contributed by atoms with van der Waals surface area (Å²) in [4.78, 5) is 0. The predicted molar refractivity (Wildman–Crippen MR) is 58.6 cm³/mol. The summed E-state index contributed by atoms with van der Waals surface area (Å²) in [6, 6.07) is 0. The van der Waals surface area contributed by atoms with Crippen LogP contribution in [0.1, 0.15) is 19.3 Å². The van der Waals surface area contributed by atoms with Gasteiger partial charge in [0.05, 0.1) is 0 Å². The van der Waals surface area contributed by atoms with Gasteiger partial charge in [-0.1, -0.05) is 22.4 Å². The quantitative estimate of drug-likeness (QED) is 0.775. The molecule has 1 saturated heterocycles. The number of hydrogen-bond acceptors (Lipinski definition) is 2. The van der Waals surface area contributed by atoms with E-state index in [0.29, 0.717) is 19.6 Å². The van der Waals surface area contributed by atoms with Gasteiger partial charge in [-0.05, 0) is 18.3 Å². The van der Waals surface area contributed by atoms with Gasteiger partial charge in [-0.2, -0.15) is 12.7 Å². The largest absolute Gasteiger partial charge is 0.279 e. The number of halogens is 1. The van der Waals surface area contributed by atoms with Crippen molar-refractivity contribution in [1.29, 1.82) is 0 Å². The summed E-state index contributed by atoms with van der Waals surface area (Å²) in [5.41, 5.74) is 0.207. The minimum atomic E-state index is -3.14. The van der Waals surface area contributed by atoms with E-state index in [9.17, 15) is 8.42 Å². The Kier molecular flexibility index (Phi) is 2.90. The van der Waals surface area contributed by atoms with E-state index in [1.54, 1.807) is 4.31 Å². The van der Waals surface area contributed by atoms with Crippen LogP contribution in [0, 0.1) is 5.41 Å². The minimum Gasteiger partial charge on any atom is -0.201 e. The minimum absolute atomic E-state index is 0.207. The van der Waals surface area contributed by atoms with E-state index in [0.717, 1.165) is 18.2 Å². The van der Waals surface area contributed by atoms with Crippen molar-refractivity contribution in [1.82, 2.24) is 9.03 Å². The highest BCUT2D eigenvalue weighted by Crippen LogP contribution is 2.43. The van der Waals surface area contributed by atoms with Gasteiger partial charge in [0.2, 0.25) is 0 Å². The molecule has 2 rings (SSSR count). The fourth-order valence-corrected chi connectivity index (χ4v) is 4.11. The second kappa shape index (κ2) is 3.73. The number of nitrogens with zero attached hydrogens (tertiary/aromatic N) is 1. The van der Waals surface area contributed by atoms with Crippen LogP contribution >= 0.6 is 15.9 Å². The highest BCUT2D eigenvalue weighted by molar-refractivity contribution is 9.09. The maximum absolute atomic E-state index is 11.5. The van der Waals surface area contributed by atoms with Crippen LogP contribution < -0.4 is 4.72 Å². The summed E-state index contributed by atoms with van der Waals surface area (Å²) < 4.78 is 27.1. The molecule has 1 aliphatic heterocycles. The molecule has 1 N–H and O–H groups in total. The molecular weight excluding hydrogens is 268 g/mol. The second-order valence-electron chi connectivity index (χ2n) is 4.22. The molecule has 0 aromatic heterocycles. The average molecular weight is 283 g/mol. The first-order valence-corrected chi connectivity index (χ1v) is 7.45. The Morgan fingerprint density at radius 3 is 2.50 bits per heavy atom. The first-order valence-electron chi connectivity index (χ1n) is 4.89. The predicted octanol–water partition coefficient (Wildman–Crippen LogP) is 0.702. The normalized spacial score (nSPS) is 30.1. The second-order valence-corrected chi connectivity index (χ2v) is 6.54. The van der Waals surface area contributed by atoms with Gasteiger partial charge < -0.3 is 0 Å². The summed E-state index contributed by atoms with van der Waals surface area (Å²) in [7, 11) is -3.14. The lowest BCUT2D eigenvalue weighted by atomic mass is 9.70. The molecule has 14 heavy (non-hydrogen) atoms. The molecule has 0 bridgehead atoms. The van der Waals surface area contributed by atoms with Crippen LogP contribution in [0.5, 0.6) is 0 Å². The van der Waals surface area contributed by atoms with Crippen LogP contribution in [0.3, 0.4) is 0 Å². The first kappa shape index (κ1) is 10.9. The molecule has 4 nitrogen and oxygen atoms in total. The van der Waals surface area contributed by atoms with E-state index < -0.39 is 10.2 Å². The van der Waals surface area contributed by atoms with Crippen molar-refractivity contribution in [2.45, 2.75) is 19.3 Å². The third-order valence-corrected chi connectivity index (χ3v) is 5.94. The lowest BCUT2D eigenvalue weighted by Gasteiger charge is -2.42. The molecule has 1 saturated carbocycles. The fourth-order valence-electron chi connectivity index (χ4n) is 2.06. The molecule has 0 amide bonds. The molecule has 0 aromatic carbocycles. The van der Waals surface area contributed by atoms with Crippen LogP contribution in [0.15, 0.2) is 0 Å². The van der Waals surface area contributed by atoms with Gasteiger partial charge in [-0.15, -0.1) is 0 Å². The summed E-state index contributed by atoms with van der Waals surface area (Å²) in [5.74, 6) is 0. The molecule has 2 fully saturated rings. The Labute approximate surface area is 93.4 Å². The molecule has 6 heteroatoms. The Morgan fingerprint density at radius 2 is 2.14 bits per heavy atom. The zero-order valence-electron chi connectivity index (χ0n) is 8.00. The molecule has 0 aromatic rings.